The number of fused-ring (bicyclic) bond motifs is 2. The lowest BCUT2D eigenvalue weighted by atomic mass is 9.90. The van der Waals surface area contributed by atoms with E-state index in [1.165, 1.54) is 0 Å². The van der Waals surface area contributed by atoms with Crippen LogP contribution in [0.3, 0.4) is 0 Å². The van der Waals surface area contributed by atoms with E-state index in [9.17, 15) is 14.7 Å². The van der Waals surface area contributed by atoms with Gasteiger partial charge in [-0.15, -0.1) is 0 Å². The first-order chi connectivity index (χ1) is 18.8. The number of anilines is 1. The summed E-state index contributed by atoms with van der Waals surface area (Å²) in [7, 11) is 1.71. The summed E-state index contributed by atoms with van der Waals surface area (Å²) in [6, 6.07) is 23.8. The van der Waals surface area contributed by atoms with Crippen molar-refractivity contribution in [3.8, 4) is 27.9 Å². The minimum Gasteiger partial charge on any atom is -0.477 e. The Morgan fingerprint density at radius 2 is 1.74 bits per heavy atom. The molecule has 1 aliphatic heterocycles. The molecule has 3 aromatic carbocycles. The molecule has 0 radical (unpaired) electrons. The monoisotopic (exact) mass is 534 g/mol. The van der Waals surface area contributed by atoms with Gasteiger partial charge >= 0.3 is 5.97 Å². The van der Waals surface area contributed by atoms with Crippen molar-refractivity contribution < 1.29 is 14.7 Å². The molecule has 2 aromatic heterocycles. The maximum atomic E-state index is 13.2. The zero-order valence-electron chi connectivity index (χ0n) is 20.9. The molecule has 7 rings (SSSR count). The predicted octanol–water partition coefficient (Wildman–Crippen LogP) is 6.27. The van der Waals surface area contributed by atoms with Crippen LogP contribution >= 0.6 is 11.6 Å². The van der Waals surface area contributed by atoms with E-state index in [4.69, 9.17) is 11.6 Å². The standard InChI is InChI=1S/C31H23ClN4O3/c1-35-17-21(13-28(35)29(37)38)25-16-31(25)24-14-23(26(32)15-27(24)34-30(31)39)20-5-3-18(4-6-20)19-7-9-22(10-8-19)36-12-2-11-33-36/h2-15,17,25H,16H2,1H3,(H,34,39)(H,37,38). The van der Waals surface area contributed by atoms with Gasteiger partial charge in [-0.25, -0.2) is 9.48 Å². The summed E-state index contributed by atoms with van der Waals surface area (Å²) >= 11 is 6.71. The third-order valence-corrected chi connectivity index (χ3v) is 8.33. The van der Waals surface area contributed by atoms with Gasteiger partial charge in [-0.3, -0.25) is 4.79 Å². The lowest BCUT2D eigenvalue weighted by Crippen LogP contribution is -2.20. The van der Waals surface area contributed by atoms with Gasteiger partial charge in [0.25, 0.3) is 0 Å². The van der Waals surface area contributed by atoms with Crippen LogP contribution in [0.4, 0.5) is 5.69 Å². The molecule has 1 aliphatic carbocycles. The third kappa shape index (κ3) is 3.61. The number of hydrogen-bond acceptors (Lipinski definition) is 3. The topological polar surface area (TPSA) is 89.2 Å². The molecule has 8 heteroatoms. The number of benzene rings is 3. The number of carboxylic acid groups (broad SMARTS) is 1. The van der Waals surface area contributed by atoms with Crippen LogP contribution in [-0.2, 0) is 17.3 Å². The first-order valence-electron chi connectivity index (χ1n) is 12.6. The summed E-state index contributed by atoms with van der Waals surface area (Å²) in [4.78, 5) is 24.8. The number of nitrogens with one attached hydrogen (secondary N) is 1. The Morgan fingerprint density at radius 3 is 2.38 bits per heavy atom. The quantitative estimate of drug-likeness (QED) is 0.278. The highest BCUT2D eigenvalue weighted by Crippen LogP contribution is 2.65. The molecule has 5 aromatic rings. The average molecular weight is 535 g/mol. The molecule has 3 heterocycles. The molecule has 1 spiro atoms. The molecule has 2 aliphatic rings. The number of halogens is 1. The highest BCUT2D eigenvalue weighted by molar-refractivity contribution is 6.34. The van der Waals surface area contributed by atoms with E-state index in [2.05, 4.69) is 34.7 Å². The fourth-order valence-corrected chi connectivity index (χ4v) is 6.17. The number of carboxylic acids is 1. The van der Waals surface area contributed by atoms with Gasteiger partial charge in [-0.05, 0) is 70.6 Å². The Balaban J connectivity index is 1.20. The molecule has 2 unspecified atom stereocenters. The lowest BCUT2D eigenvalue weighted by molar-refractivity contribution is -0.118. The van der Waals surface area contributed by atoms with Gasteiger partial charge in [0.1, 0.15) is 5.69 Å². The zero-order valence-corrected chi connectivity index (χ0v) is 21.7. The normalized spacial score (nSPS) is 19.2. The van der Waals surface area contributed by atoms with Crippen LogP contribution in [0.15, 0.2) is 91.4 Å². The van der Waals surface area contributed by atoms with Crippen LogP contribution in [0, 0.1) is 0 Å². The first-order valence-corrected chi connectivity index (χ1v) is 13.0. The second-order valence-corrected chi connectivity index (χ2v) is 10.6. The van der Waals surface area contributed by atoms with Crippen LogP contribution in [0.1, 0.15) is 34.0 Å². The van der Waals surface area contributed by atoms with E-state index in [0.29, 0.717) is 11.4 Å². The molecule has 39 heavy (non-hydrogen) atoms. The SMILES string of the molecule is Cn1cc(C2CC23C(=O)Nc2cc(Cl)c(-c4ccc(-c5ccc(-n6cccn6)cc5)cc4)cc23)cc1C(=O)O. The second kappa shape index (κ2) is 8.44. The van der Waals surface area contributed by atoms with E-state index >= 15 is 0 Å². The number of nitrogens with zero attached hydrogens (tertiary/aromatic N) is 3. The number of aryl methyl sites for hydroxylation is 1. The fourth-order valence-electron chi connectivity index (χ4n) is 5.90. The second-order valence-electron chi connectivity index (χ2n) is 10.2. The summed E-state index contributed by atoms with van der Waals surface area (Å²) in [6.07, 6.45) is 6.11. The van der Waals surface area contributed by atoms with E-state index in [0.717, 1.165) is 44.8 Å². The van der Waals surface area contributed by atoms with Crippen molar-refractivity contribution in [2.24, 2.45) is 7.05 Å². The van der Waals surface area contributed by atoms with Crippen molar-refractivity contribution in [3.05, 3.63) is 113 Å². The van der Waals surface area contributed by atoms with E-state index in [1.54, 1.807) is 23.9 Å². The van der Waals surface area contributed by atoms with Crippen LogP contribution in [0.5, 0.6) is 0 Å². The van der Waals surface area contributed by atoms with E-state index in [-0.39, 0.29) is 17.5 Å². The molecular weight excluding hydrogens is 512 g/mol. The van der Waals surface area contributed by atoms with E-state index in [1.807, 2.05) is 59.5 Å². The number of carbonyl (C=O) groups is 2. The van der Waals surface area contributed by atoms with Gasteiger partial charge in [-0.2, -0.15) is 5.10 Å². The molecule has 0 bridgehead atoms. The minimum atomic E-state index is -0.985. The summed E-state index contributed by atoms with van der Waals surface area (Å²) in [6.45, 7) is 0. The molecule has 1 fully saturated rings. The van der Waals surface area contributed by atoms with Crippen LogP contribution in [-0.4, -0.2) is 31.3 Å². The van der Waals surface area contributed by atoms with Crippen molar-refractivity contribution in [1.29, 1.82) is 0 Å². The Bertz CT molecular complexity index is 1770. The average Bonchev–Trinajstić information content (AvgIpc) is 3.20. The smallest absolute Gasteiger partial charge is 0.352 e. The minimum absolute atomic E-state index is 0.0645. The van der Waals surface area contributed by atoms with Crippen LogP contribution < -0.4 is 5.32 Å². The van der Waals surface area contributed by atoms with Crippen molar-refractivity contribution in [1.82, 2.24) is 14.3 Å². The molecule has 7 nitrogen and oxygen atoms in total. The molecule has 0 saturated heterocycles. The maximum absolute atomic E-state index is 13.2. The summed E-state index contributed by atoms with van der Waals surface area (Å²) in [5, 5.41) is 17.3. The zero-order chi connectivity index (χ0) is 26.9. The summed E-state index contributed by atoms with van der Waals surface area (Å²) < 4.78 is 3.42. The molecule has 2 atom stereocenters. The van der Waals surface area contributed by atoms with Crippen molar-refractivity contribution in [3.63, 3.8) is 0 Å². The van der Waals surface area contributed by atoms with Crippen LogP contribution in [0.25, 0.3) is 27.9 Å². The van der Waals surface area contributed by atoms with Crippen LogP contribution in [0.2, 0.25) is 5.02 Å². The maximum Gasteiger partial charge on any atom is 0.352 e. The van der Waals surface area contributed by atoms with Gasteiger partial charge in [-0.1, -0.05) is 48.0 Å². The van der Waals surface area contributed by atoms with Gasteiger partial charge in [0.2, 0.25) is 5.91 Å². The third-order valence-electron chi connectivity index (χ3n) is 8.02. The lowest BCUT2D eigenvalue weighted by Gasteiger charge is -2.12. The number of rotatable bonds is 5. The van der Waals surface area contributed by atoms with Gasteiger partial charge in [0.15, 0.2) is 0 Å². The van der Waals surface area contributed by atoms with Gasteiger partial charge in [0, 0.05) is 42.8 Å². The van der Waals surface area contributed by atoms with Crippen molar-refractivity contribution in [2.75, 3.05) is 5.32 Å². The van der Waals surface area contributed by atoms with E-state index < -0.39 is 11.4 Å². The number of amides is 1. The first kappa shape index (κ1) is 23.5. The summed E-state index contributed by atoms with van der Waals surface area (Å²) in [5.41, 5.74) is 6.98. The number of aromatic nitrogens is 3. The van der Waals surface area contributed by atoms with Crippen molar-refractivity contribution in [2.45, 2.75) is 17.8 Å². The van der Waals surface area contributed by atoms with Gasteiger partial charge in [0.05, 0.1) is 16.1 Å². The molecular formula is C31H23ClN4O3. The van der Waals surface area contributed by atoms with Crippen molar-refractivity contribution >= 4 is 29.2 Å². The number of carbonyl (C=O) groups excluding carboxylic acids is 1. The Hall–Kier alpha value is -4.62. The Morgan fingerprint density at radius 1 is 1.05 bits per heavy atom. The summed E-state index contributed by atoms with van der Waals surface area (Å²) in [5.74, 6) is -1.13. The highest BCUT2D eigenvalue weighted by atomic mass is 35.5. The fraction of sp³-hybridized carbons (Fsp3) is 0.129. The Kier molecular flexibility index (Phi) is 5.09. The number of hydrogen-bond donors (Lipinski definition) is 2. The van der Waals surface area contributed by atoms with Gasteiger partial charge < -0.3 is 15.0 Å². The molecule has 1 saturated carbocycles. The largest absolute Gasteiger partial charge is 0.477 e. The Labute approximate surface area is 229 Å². The molecule has 192 valence electrons. The predicted molar refractivity (Wildman–Crippen MR) is 149 cm³/mol. The molecule has 2 N–H and O–H groups in total. The molecule has 1 amide bonds. The highest BCUT2D eigenvalue weighted by Gasteiger charge is 2.65. The number of aromatic carboxylic acids is 1.